The second-order valence-corrected chi connectivity index (χ2v) is 5.91. The van der Waals surface area contributed by atoms with Crippen molar-refractivity contribution in [2.24, 2.45) is 0 Å². The van der Waals surface area contributed by atoms with Crippen molar-refractivity contribution in [3.63, 3.8) is 0 Å². The van der Waals surface area contributed by atoms with E-state index in [1.54, 1.807) is 6.08 Å². The Labute approximate surface area is 148 Å². The Balaban J connectivity index is 1.72. The molecule has 0 spiro atoms. The molecule has 1 amide bonds. The number of esters is 1. The van der Waals surface area contributed by atoms with Crippen LogP contribution in [0, 0.1) is 6.92 Å². The molecule has 0 heterocycles. The van der Waals surface area contributed by atoms with Gasteiger partial charge in [0.2, 0.25) is 0 Å². The predicted octanol–water partition coefficient (Wildman–Crippen LogP) is 3.47. The first kappa shape index (κ1) is 18.5. The van der Waals surface area contributed by atoms with Crippen molar-refractivity contribution in [2.75, 3.05) is 13.2 Å². The van der Waals surface area contributed by atoms with E-state index in [0.717, 1.165) is 16.7 Å². The number of ether oxygens (including phenoxy) is 1. The fourth-order valence-electron chi connectivity index (χ4n) is 2.33. The summed E-state index contributed by atoms with van der Waals surface area (Å²) < 4.78 is 4.97. The molecule has 4 heteroatoms. The van der Waals surface area contributed by atoms with E-state index in [4.69, 9.17) is 4.74 Å². The summed E-state index contributed by atoms with van der Waals surface area (Å²) >= 11 is 0. The molecule has 25 heavy (non-hydrogen) atoms. The average Bonchev–Trinajstić information content (AvgIpc) is 2.64. The van der Waals surface area contributed by atoms with E-state index in [1.165, 1.54) is 6.08 Å². The van der Waals surface area contributed by atoms with Crippen LogP contribution in [0.1, 0.15) is 29.5 Å². The third-order valence-corrected chi connectivity index (χ3v) is 3.91. The van der Waals surface area contributed by atoms with Gasteiger partial charge in [0.1, 0.15) is 0 Å². The highest BCUT2D eigenvalue weighted by atomic mass is 16.5. The van der Waals surface area contributed by atoms with Crippen molar-refractivity contribution >= 4 is 18.0 Å². The Kier molecular flexibility index (Phi) is 6.96. The summed E-state index contributed by atoms with van der Waals surface area (Å²) in [5.41, 5.74) is 3.17. The van der Waals surface area contributed by atoms with Gasteiger partial charge < -0.3 is 10.1 Å². The van der Waals surface area contributed by atoms with Gasteiger partial charge in [-0.25, -0.2) is 4.79 Å². The lowest BCUT2D eigenvalue weighted by molar-refractivity contribution is -0.143. The highest BCUT2D eigenvalue weighted by Crippen LogP contribution is 2.13. The monoisotopic (exact) mass is 337 g/mol. The third-order valence-electron chi connectivity index (χ3n) is 3.91. The van der Waals surface area contributed by atoms with Crippen molar-refractivity contribution in [2.45, 2.75) is 19.8 Å². The second-order valence-electron chi connectivity index (χ2n) is 5.91. The summed E-state index contributed by atoms with van der Waals surface area (Å²) in [5, 5.41) is 2.78. The molecule has 2 aromatic carbocycles. The molecule has 1 atom stereocenters. The number of aryl methyl sites for hydroxylation is 1. The lowest BCUT2D eigenvalue weighted by Crippen LogP contribution is -2.31. The van der Waals surface area contributed by atoms with E-state index in [-0.39, 0.29) is 18.4 Å². The molecule has 130 valence electrons. The maximum absolute atomic E-state index is 11.8. The SMILES string of the molecule is Cc1ccccc1/C=C/C(=O)OCC(=O)NC[C@H](C)c1ccccc1. The van der Waals surface area contributed by atoms with Crippen molar-refractivity contribution in [3.05, 3.63) is 77.4 Å². The summed E-state index contributed by atoms with van der Waals surface area (Å²) in [7, 11) is 0. The largest absolute Gasteiger partial charge is 0.452 e. The lowest BCUT2D eigenvalue weighted by atomic mass is 10.0. The Hall–Kier alpha value is -2.88. The van der Waals surface area contributed by atoms with Gasteiger partial charge in [0.05, 0.1) is 0 Å². The van der Waals surface area contributed by atoms with Crippen LogP contribution in [0.25, 0.3) is 6.08 Å². The van der Waals surface area contributed by atoms with Crippen LogP contribution in [0.15, 0.2) is 60.7 Å². The van der Waals surface area contributed by atoms with Crippen molar-refractivity contribution in [3.8, 4) is 0 Å². The molecule has 0 aliphatic heterocycles. The molecule has 0 unspecified atom stereocenters. The van der Waals surface area contributed by atoms with E-state index in [2.05, 4.69) is 5.32 Å². The molecule has 0 aliphatic rings. The van der Waals surface area contributed by atoms with Gasteiger partial charge >= 0.3 is 5.97 Å². The number of carbonyl (C=O) groups excluding carboxylic acids is 2. The maximum atomic E-state index is 11.8. The maximum Gasteiger partial charge on any atom is 0.331 e. The Bertz CT molecular complexity index is 738. The van der Waals surface area contributed by atoms with Crippen LogP contribution in [0.5, 0.6) is 0 Å². The molecule has 1 N–H and O–H groups in total. The summed E-state index contributed by atoms with van der Waals surface area (Å²) in [4.78, 5) is 23.5. The highest BCUT2D eigenvalue weighted by molar-refractivity contribution is 5.89. The minimum atomic E-state index is -0.533. The van der Waals surface area contributed by atoms with E-state index in [1.807, 2.05) is 68.4 Å². The average molecular weight is 337 g/mol. The second kappa shape index (κ2) is 9.42. The molecule has 2 rings (SSSR count). The van der Waals surface area contributed by atoms with Crippen molar-refractivity contribution in [1.29, 1.82) is 0 Å². The fraction of sp³-hybridized carbons (Fsp3) is 0.238. The van der Waals surface area contributed by atoms with Crippen LogP contribution in [-0.2, 0) is 14.3 Å². The Morgan fingerprint density at radius 1 is 1.08 bits per heavy atom. The number of nitrogens with one attached hydrogen (secondary N) is 1. The molecular weight excluding hydrogens is 314 g/mol. The Morgan fingerprint density at radius 2 is 1.76 bits per heavy atom. The van der Waals surface area contributed by atoms with Gasteiger partial charge in [0, 0.05) is 12.6 Å². The van der Waals surface area contributed by atoms with Crippen LogP contribution in [-0.4, -0.2) is 25.0 Å². The zero-order chi connectivity index (χ0) is 18.1. The molecule has 0 radical (unpaired) electrons. The molecule has 0 bridgehead atoms. The van der Waals surface area contributed by atoms with Gasteiger partial charge in [-0.05, 0) is 35.6 Å². The standard InChI is InChI=1S/C21H23NO3/c1-16-8-6-7-11-19(16)12-13-21(24)25-15-20(23)22-14-17(2)18-9-4-3-5-10-18/h3-13,17H,14-15H2,1-2H3,(H,22,23)/b13-12+/t17-/m0/s1. The molecular formula is C21H23NO3. The summed E-state index contributed by atoms with van der Waals surface area (Å²) in [5.74, 6) is -0.642. The zero-order valence-corrected chi connectivity index (χ0v) is 14.6. The molecule has 0 saturated carbocycles. The van der Waals surface area contributed by atoms with Gasteiger partial charge in [-0.3, -0.25) is 4.79 Å². The molecule has 4 nitrogen and oxygen atoms in total. The molecule has 0 fully saturated rings. The number of hydrogen-bond donors (Lipinski definition) is 1. The minimum absolute atomic E-state index is 0.196. The third kappa shape index (κ3) is 6.26. The number of hydrogen-bond acceptors (Lipinski definition) is 3. The number of amides is 1. The normalized spacial score (nSPS) is 11.9. The Morgan fingerprint density at radius 3 is 2.48 bits per heavy atom. The lowest BCUT2D eigenvalue weighted by Gasteiger charge is -2.12. The molecule has 0 aromatic heterocycles. The first-order chi connectivity index (χ1) is 12.1. The summed E-state index contributed by atoms with van der Waals surface area (Å²) in [6.07, 6.45) is 3.02. The quantitative estimate of drug-likeness (QED) is 0.622. The van der Waals surface area contributed by atoms with Gasteiger partial charge in [-0.1, -0.05) is 61.5 Å². The van der Waals surface area contributed by atoms with E-state index < -0.39 is 5.97 Å². The van der Waals surface area contributed by atoms with Crippen LogP contribution in [0.2, 0.25) is 0 Å². The van der Waals surface area contributed by atoms with Crippen LogP contribution in [0.3, 0.4) is 0 Å². The zero-order valence-electron chi connectivity index (χ0n) is 14.6. The van der Waals surface area contributed by atoms with E-state index in [0.29, 0.717) is 6.54 Å². The van der Waals surface area contributed by atoms with E-state index >= 15 is 0 Å². The number of rotatable bonds is 7. The van der Waals surface area contributed by atoms with Crippen LogP contribution >= 0.6 is 0 Å². The fourth-order valence-corrected chi connectivity index (χ4v) is 2.33. The van der Waals surface area contributed by atoms with E-state index in [9.17, 15) is 9.59 Å². The topological polar surface area (TPSA) is 55.4 Å². The van der Waals surface area contributed by atoms with Gasteiger partial charge in [0.25, 0.3) is 5.91 Å². The van der Waals surface area contributed by atoms with Gasteiger partial charge in [0.15, 0.2) is 6.61 Å². The molecule has 0 aliphatic carbocycles. The summed E-state index contributed by atoms with van der Waals surface area (Å²) in [6, 6.07) is 17.7. The first-order valence-electron chi connectivity index (χ1n) is 8.28. The van der Waals surface area contributed by atoms with Crippen LogP contribution < -0.4 is 5.32 Å². The number of carbonyl (C=O) groups is 2. The smallest absolute Gasteiger partial charge is 0.331 e. The molecule has 2 aromatic rings. The first-order valence-corrected chi connectivity index (χ1v) is 8.28. The van der Waals surface area contributed by atoms with Crippen LogP contribution in [0.4, 0.5) is 0 Å². The number of benzene rings is 2. The minimum Gasteiger partial charge on any atom is -0.452 e. The predicted molar refractivity (Wildman–Crippen MR) is 99.0 cm³/mol. The van der Waals surface area contributed by atoms with Crippen molar-refractivity contribution in [1.82, 2.24) is 5.32 Å². The van der Waals surface area contributed by atoms with Crippen molar-refractivity contribution < 1.29 is 14.3 Å². The highest BCUT2D eigenvalue weighted by Gasteiger charge is 2.09. The summed E-state index contributed by atoms with van der Waals surface area (Å²) in [6.45, 7) is 4.22. The van der Waals surface area contributed by atoms with Gasteiger partial charge in [-0.15, -0.1) is 0 Å². The molecule has 0 saturated heterocycles. The van der Waals surface area contributed by atoms with Gasteiger partial charge in [-0.2, -0.15) is 0 Å².